The standard InChI is InChI=1S/C24H36O4/c1-3-5-6-7-13-22(20-27-19-18-26-17-16-25-4-2)28-24-15-10-12-21-11-8-9-14-23(21)24/h8-12,14-15,22H,3-7,13,16-20H2,1-2H3. The summed E-state index contributed by atoms with van der Waals surface area (Å²) in [5.41, 5.74) is 0. The maximum atomic E-state index is 6.38. The first-order chi connectivity index (χ1) is 13.8. The lowest BCUT2D eigenvalue weighted by molar-refractivity contribution is -0.00489. The minimum Gasteiger partial charge on any atom is -0.487 e. The average molecular weight is 389 g/mol. The molecule has 4 heteroatoms. The summed E-state index contributed by atoms with van der Waals surface area (Å²) in [4.78, 5) is 0. The molecule has 0 saturated carbocycles. The lowest BCUT2D eigenvalue weighted by Gasteiger charge is -2.20. The number of unbranched alkanes of at least 4 members (excludes halogenated alkanes) is 3. The molecule has 0 fully saturated rings. The molecule has 0 heterocycles. The first kappa shape index (κ1) is 22.7. The summed E-state index contributed by atoms with van der Waals surface area (Å²) in [7, 11) is 0. The fourth-order valence-corrected chi connectivity index (χ4v) is 3.15. The van der Waals surface area contributed by atoms with Gasteiger partial charge in [-0.1, -0.05) is 62.6 Å². The van der Waals surface area contributed by atoms with Crippen LogP contribution in [0.3, 0.4) is 0 Å². The minimum absolute atomic E-state index is 0.0612. The van der Waals surface area contributed by atoms with Crippen LogP contribution in [0.5, 0.6) is 5.75 Å². The highest BCUT2D eigenvalue weighted by Gasteiger charge is 2.13. The van der Waals surface area contributed by atoms with Crippen LogP contribution in [0, 0.1) is 0 Å². The number of hydrogen-bond acceptors (Lipinski definition) is 4. The van der Waals surface area contributed by atoms with Crippen molar-refractivity contribution < 1.29 is 18.9 Å². The van der Waals surface area contributed by atoms with Gasteiger partial charge >= 0.3 is 0 Å². The monoisotopic (exact) mass is 388 g/mol. The molecule has 0 aliphatic carbocycles. The molecule has 2 rings (SSSR count). The zero-order valence-corrected chi connectivity index (χ0v) is 17.5. The van der Waals surface area contributed by atoms with Crippen LogP contribution in [-0.2, 0) is 14.2 Å². The summed E-state index contributed by atoms with van der Waals surface area (Å²) in [6.07, 6.45) is 5.99. The molecule has 1 unspecified atom stereocenters. The highest BCUT2D eigenvalue weighted by Crippen LogP contribution is 2.27. The molecule has 0 aliphatic heterocycles. The molecule has 0 spiro atoms. The van der Waals surface area contributed by atoms with Crippen molar-refractivity contribution in [2.24, 2.45) is 0 Å². The fourth-order valence-electron chi connectivity index (χ4n) is 3.15. The largest absolute Gasteiger partial charge is 0.487 e. The van der Waals surface area contributed by atoms with E-state index in [0.29, 0.717) is 33.0 Å². The van der Waals surface area contributed by atoms with E-state index in [0.717, 1.165) is 30.6 Å². The number of hydrogen-bond donors (Lipinski definition) is 0. The summed E-state index contributed by atoms with van der Waals surface area (Å²) in [6, 6.07) is 14.6. The van der Waals surface area contributed by atoms with E-state index in [4.69, 9.17) is 18.9 Å². The Morgan fingerprint density at radius 1 is 0.750 bits per heavy atom. The first-order valence-corrected chi connectivity index (χ1v) is 10.7. The van der Waals surface area contributed by atoms with Crippen molar-refractivity contribution in [3.05, 3.63) is 42.5 Å². The molecule has 2 aromatic carbocycles. The van der Waals surface area contributed by atoms with E-state index in [-0.39, 0.29) is 6.10 Å². The molecule has 0 saturated heterocycles. The van der Waals surface area contributed by atoms with Gasteiger partial charge in [0.05, 0.1) is 33.0 Å². The van der Waals surface area contributed by atoms with Crippen molar-refractivity contribution in [3.63, 3.8) is 0 Å². The maximum Gasteiger partial charge on any atom is 0.127 e. The Hall–Kier alpha value is -1.62. The lowest BCUT2D eigenvalue weighted by atomic mass is 10.1. The Morgan fingerprint density at radius 3 is 2.32 bits per heavy atom. The molecule has 4 nitrogen and oxygen atoms in total. The van der Waals surface area contributed by atoms with Gasteiger partial charge < -0.3 is 18.9 Å². The normalized spacial score (nSPS) is 12.4. The summed E-state index contributed by atoms with van der Waals surface area (Å²) < 4.78 is 23.0. The quantitative estimate of drug-likeness (QED) is 0.349. The minimum atomic E-state index is 0.0612. The highest BCUT2D eigenvalue weighted by atomic mass is 16.6. The Balaban J connectivity index is 1.82. The fraction of sp³-hybridized carbons (Fsp3) is 0.583. The van der Waals surface area contributed by atoms with Gasteiger partial charge in [-0.3, -0.25) is 0 Å². The van der Waals surface area contributed by atoms with Crippen molar-refractivity contribution in [1.29, 1.82) is 0 Å². The molecule has 1 atom stereocenters. The van der Waals surface area contributed by atoms with Crippen LogP contribution in [0.1, 0.15) is 46.0 Å². The third-order valence-electron chi connectivity index (χ3n) is 4.67. The van der Waals surface area contributed by atoms with Crippen LogP contribution in [0.15, 0.2) is 42.5 Å². The second-order valence-electron chi connectivity index (χ2n) is 6.95. The van der Waals surface area contributed by atoms with Crippen LogP contribution in [-0.4, -0.2) is 45.7 Å². The van der Waals surface area contributed by atoms with Crippen LogP contribution >= 0.6 is 0 Å². The van der Waals surface area contributed by atoms with Gasteiger partial charge in [0.1, 0.15) is 11.9 Å². The van der Waals surface area contributed by atoms with Crippen LogP contribution in [0.4, 0.5) is 0 Å². The number of rotatable bonds is 16. The van der Waals surface area contributed by atoms with Crippen molar-refractivity contribution in [2.75, 3.05) is 39.6 Å². The number of ether oxygens (including phenoxy) is 4. The van der Waals surface area contributed by atoms with E-state index in [2.05, 4.69) is 49.4 Å². The lowest BCUT2D eigenvalue weighted by Crippen LogP contribution is -2.24. The van der Waals surface area contributed by atoms with Gasteiger partial charge in [0.2, 0.25) is 0 Å². The first-order valence-electron chi connectivity index (χ1n) is 10.7. The Morgan fingerprint density at radius 2 is 1.50 bits per heavy atom. The molecule has 0 amide bonds. The molecule has 2 aromatic rings. The summed E-state index contributed by atoms with van der Waals surface area (Å²) in [5.74, 6) is 0.940. The average Bonchev–Trinajstić information content (AvgIpc) is 2.73. The van der Waals surface area contributed by atoms with E-state index >= 15 is 0 Å². The summed E-state index contributed by atoms with van der Waals surface area (Å²) in [5, 5.41) is 2.36. The van der Waals surface area contributed by atoms with Crippen LogP contribution < -0.4 is 4.74 Å². The van der Waals surface area contributed by atoms with E-state index in [9.17, 15) is 0 Å². The molecular weight excluding hydrogens is 352 g/mol. The predicted octanol–water partition coefficient (Wildman–Crippen LogP) is 5.63. The molecule has 156 valence electrons. The zero-order chi connectivity index (χ0) is 19.9. The Bertz CT molecular complexity index is 638. The van der Waals surface area contributed by atoms with Gasteiger partial charge in [0.25, 0.3) is 0 Å². The molecule has 0 aromatic heterocycles. The van der Waals surface area contributed by atoms with Gasteiger partial charge in [-0.25, -0.2) is 0 Å². The van der Waals surface area contributed by atoms with E-state index in [1.54, 1.807) is 0 Å². The molecule has 0 bridgehead atoms. The number of benzene rings is 2. The Kier molecular flexibility index (Phi) is 11.6. The van der Waals surface area contributed by atoms with Crippen molar-refractivity contribution in [3.8, 4) is 5.75 Å². The van der Waals surface area contributed by atoms with Gasteiger partial charge in [-0.2, -0.15) is 0 Å². The van der Waals surface area contributed by atoms with E-state index in [1.165, 1.54) is 24.6 Å². The molecule has 0 radical (unpaired) electrons. The Labute approximate surface area is 170 Å². The molecule has 0 aliphatic rings. The highest BCUT2D eigenvalue weighted by molar-refractivity contribution is 5.88. The molecule has 28 heavy (non-hydrogen) atoms. The smallest absolute Gasteiger partial charge is 0.127 e. The van der Waals surface area contributed by atoms with E-state index in [1.807, 2.05) is 6.92 Å². The van der Waals surface area contributed by atoms with Crippen LogP contribution in [0.2, 0.25) is 0 Å². The third-order valence-corrected chi connectivity index (χ3v) is 4.67. The van der Waals surface area contributed by atoms with Gasteiger partial charge in [0, 0.05) is 12.0 Å². The third kappa shape index (κ3) is 8.59. The summed E-state index contributed by atoms with van der Waals surface area (Å²) in [6.45, 7) is 7.96. The van der Waals surface area contributed by atoms with E-state index < -0.39 is 0 Å². The second-order valence-corrected chi connectivity index (χ2v) is 6.95. The van der Waals surface area contributed by atoms with Gasteiger partial charge in [-0.05, 0) is 31.2 Å². The molecular formula is C24H36O4. The summed E-state index contributed by atoms with van der Waals surface area (Å²) >= 11 is 0. The van der Waals surface area contributed by atoms with Gasteiger partial charge in [0.15, 0.2) is 0 Å². The topological polar surface area (TPSA) is 36.9 Å². The second kappa shape index (κ2) is 14.4. The van der Waals surface area contributed by atoms with Crippen molar-refractivity contribution >= 4 is 10.8 Å². The van der Waals surface area contributed by atoms with Gasteiger partial charge in [-0.15, -0.1) is 0 Å². The SMILES string of the molecule is CCCCCCC(COCCOCCOCC)Oc1cccc2ccccc12. The van der Waals surface area contributed by atoms with Crippen molar-refractivity contribution in [1.82, 2.24) is 0 Å². The number of fused-ring (bicyclic) bond motifs is 1. The molecule has 0 N–H and O–H groups in total. The predicted molar refractivity (Wildman–Crippen MR) is 115 cm³/mol. The van der Waals surface area contributed by atoms with Crippen LogP contribution in [0.25, 0.3) is 10.8 Å². The van der Waals surface area contributed by atoms with Crippen molar-refractivity contribution in [2.45, 2.75) is 52.1 Å². The zero-order valence-electron chi connectivity index (χ0n) is 17.5. The maximum absolute atomic E-state index is 6.38.